The second kappa shape index (κ2) is 6.50. The van der Waals surface area contributed by atoms with Crippen molar-refractivity contribution in [1.29, 1.82) is 0 Å². The molecular weight excluding hydrogens is 262 g/mol. The van der Waals surface area contributed by atoms with Gasteiger partial charge in [0.2, 0.25) is 0 Å². The summed E-state index contributed by atoms with van der Waals surface area (Å²) in [5.74, 6) is 1.56. The molecule has 0 amide bonds. The van der Waals surface area contributed by atoms with Crippen molar-refractivity contribution in [2.45, 2.75) is 13.8 Å². The number of aromatic nitrogens is 2. The molecule has 1 aromatic heterocycles. The lowest BCUT2D eigenvalue weighted by atomic mass is 10.3. The van der Waals surface area contributed by atoms with E-state index in [1.165, 1.54) is 0 Å². The third kappa shape index (κ3) is 4.03. The predicted octanol–water partition coefficient (Wildman–Crippen LogP) is 1.41. The third-order valence-electron chi connectivity index (χ3n) is 3.51. The minimum Gasteiger partial charge on any atom is -0.368 e. The molecule has 0 aromatic carbocycles. The molecule has 2 heterocycles. The first-order valence-electron chi connectivity index (χ1n) is 6.72. The van der Waals surface area contributed by atoms with Crippen LogP contribution in [0.3, 0.4) is 0 Å². The summed E-state index contributed by atoms with van der Waals surface area (Å²) in [4.78, 5) is 13.4. The molecule has 5 nitrogen and oxygen atoms in total. The van der Waals surface area contributed by atoms with Gasteiger partial charge in [-0.1, -0.05) is 11.6 Å². The molecule has 6 heteroatoms. The number of aryl methyl sites for hydroxylation is 1. The normalized spacial score (nSPS) is 17.7. The Morgan fingerprint density at radius 3 is 2.53 bits per heavy atom. The highest BCUT2D eigenvalue weighted by molar-refractivity contribution is 6.30. The van der Waals surface area contributed by atoms with Crippen molar-refractivity contribution in [3.63, 3.8) is 0 Å². The second-order valence-electron chi connectivity index (χ2n) is 5.11. The Balaban J connectivity index is 1.83. The van der Waals surface area contributed by atoms with Gasteiger partial charge in [-0.2, -0.15) is 0 Å². The van der Waals surface area contributed by atoms with E-state index in [1.54, 1.807) is 0 Å². The molecule has 1 aliphatic heterocycles. The molecular formula is C13H22ClN5. The van der Waals surface area contributed by atoms with Crippen LogP contribution < -0.4 is 5.32 Å². The first kappa shape index (κ1) is 14.5. The average molecular weight is 284 g/mol. The Morgan fingerprint density at radius 1 is 1.16 bits per heavy atom. The maximum atomic E-state index is 6.06. The van der Waals surface area contributed by atoms with Gasteiger partial charge in [0, 0.05) is 44.8 Å². The topological polar surface area (TPSA) is 44.3 Å². The fourth-order valence-electron chi connectivity index (χ4n) is 2.17. The number of nitrogens with one attached hydrogen (secondary N) is 1. The average Bonchev–Trinajstić information content (AvgIpc) is 2.37. The first-order valence-corrected chi connectivity index (χ1v) is 7.09. The van der Waals surface area contributed by atoms with Crippen LogP contribution in [0.4, 0.5) is 5.82 Å². The number of rotatable bonds is 4. The van der Waals surface area contributed by atoms with Crippen molar-refractivity contribution in [3.8, 4) is 0 Å². The van der Waals surface area contributed by atoms with Crippen LogP contribution in [0, 0.1) is 13.8 Å². The summed E-state index contributed by atoms with van der Waals surface area (Å²) in [5.41, 5.74) is 0.922. The lowest BCUT2D eigenvalue weighted by Gasteiger charge is -2.32. The van der Waals surface area contributed by atoms with Crippen LogP contribution >= 0.6 is 11.6 Å². The van der Waals surface area contributed by atoms with E-state index in [0.717, 1.165) is 50.6 Å². The van der Waals surface area contributed by atoms with Crippen molar-refractivity contribution in [1.82, 2.24) is 19.8 Å². The molecule has 1 N–H and O–H groups in total. The van der Waals surface area contributed by atoms with Gasteiger partial charge < -0.3 is 10.2 Å². The summed E-state index contributed by atoms with van der Waals surface area (Å²) >= 11 is 6.06. The van der Waals surface area contributed by atoms with E-state index in [1.807, 2.05) is 13.8 Å². The van der Waals surface area contributed by atoms with Crippen molar-refractivity contribution in [2.24, 2.45) is 0 Å². The van der Waals surface area contributed by atoms with Crippen LogP contribution in [0.5, 0.6) is 0 Å². The quantitative estimate of drug-likeness (QED) is 0.847. The molecule has 0 radical (unpaired) electrons. The van der Waals surface area contributed by atoms with Gasteiger partial charge in [-0.3, -0.25) is 4.90 Å². The molecule has 1 aromatic rings. The molecule has 0 saturated carbocycles. The number of anilines is 1. The van der Waals surface area contributed by atoms with Crippen LogP contribution in [0.2, 0.25) is 5.15 Å². The van der Waals surface area contributed by atoms with Crippen molar-refractivity contribution < 1.29 is 0 Å². The third-order valence-corrected chi connectivity index (χ3v) is 3.88. The van der Waals surface area contributed by atoms with E-state index >= 15 is 0 Å². The molecule has 2 rings (SSSR count). The number of hydrogen-bond donors (Lipinski definition) is 1. The van der Waals surface area contributed by atoms with Crippen molar-refractivity contribution in [3.05, 3.63) is 16.5 Å². The zero-order valence-electron chi connectivity index (χ0n) is 11.9. The summed E-state index contributed by atoms with van der Waals surface area (Å²) in [6.45, 7) is 10.3. The zero-order valence-corrected chi connectivity index (χ0v) is 12.7. The van der Waals surface area contributed by atoms with Crippen molar-refractivity contribution >= 4 is 17.4 Å². The summed E-state index contributed by atoms with van der Waals surface area (Å²) in [6.07, 6.45) is 0. The van der Waals surface area contributed by atoms with Crippen LogP contribution in [0.1, 0.15) is 11.4 Å². The van der Waals surface area contributed by atoms with Crippen LogP contribution in [-0.2, 0) is 0 Å². The molecule has 0 bridgehead atoms. The predicted molar refractivity (Wildman–Crippen MR) is 78.9 cm³/mol. The Bertz CT molecular complexity index is 429. The van der Waals surface area contributed by atoms with Crippen LogP contribution in [0.15, 0.2) is 0 Å². The molecule has 19 heavy (non-hydrogen) atoms. The van der Waals surface area contributed by atoms with Gasteiger partial charge >= 0.3 is 0 Å². The number of halogens is 1. The fraction of sp³-hybridized carbons (Fsp3) is 0.692. The van der Waals surface area contributed by atoms with Gasteiger partial charge in [0.05, 0.1) is 0 Å². The molecule has 0 spiro atoms. The summed E-state index contributed by atoms with van der Waals surface area (Å²) < 4.78 is 0. The second-order valence-corrected chi connectivity index (χ2v) is 5.46. The maximum Gasteiger partial charge on any atom is 0.137 e. The van der Waals surface area contributed by atoms with Gasteiger partial charge in [-0.15, -0.1) is 0 Å². The molecule has 1 fully saturated rings. The Morgan fingerprint density at radius 2 is 1.84 bits per heavy atom. The molecule has 0 unspecified atom stereocenters. The van der Waals surface area contributed by atoms with E-state index in [2.05, 4.69) is 32.1 Å². The summed E-state index contributed by atoms with van der Waals surface area (Å²) in [5, 5.41) is 3.90. The lowest BCUT2D eigenvalue weighted by Crippen LogP contribution is -2.45. The van der Waals surface area contributed by atoms with E-state index in [4.69, 9.17) is 11.6 Å². The molecule has 0 aliphatic carbocycles. The van der Waals surface area contributed by atoms with E-state index < -0.39 is 0 Å². The number of nitrogens with zero attached hydrogens (tertiary/aromatic N) is 4. The van der Waals surface area contributed by atoms with Gasteiger partial charge in [0.1, 0.15) is 16.8 Å². The molecule has 1 saturated heterocycles. The Hall–Kier alpha value is -0.910. The molecule has 106 valence electrons. The number of likely N-dealkylation sites (N-methyl/N-ethyl adjacent to an activating group) is 1. The summed E-state index contributed by atoms with van der Waals surface area (Å²) in [6, 6.07) is 0. The van der Waals surface area contributed by atoms with E-state index in [0.29, 0.717) is 11.0 Å². The minimum absolute atomic E-state index is 0.537. The van der Waals surface area contributed by atoms with Crippen molar-refractivity contribution in [2.75, 3.05) is 51.6 Å². The lowest BCUT2D eigenvalue weighted by molar-refractivity contribution is 0.158. The Kier molecular flexibility index (Phi) is 4.96. The summed E-state index contributed by atoms with van der Waals surface area (Å²) in [7, 11) is 2.17. The standard InChI is InChI=1S/C13H22ClN5/c1-10-12(14)16-11(2)17-13(10)15-4-5-19-8-6-18(3)7-9-19/h4-9H2,1-3H3,(H,15,16,17). The fourth-order valence-corrected chi connectivity index (χ4v) is 2.38. The molecule has 1 aliphatic rings. The van der Waals surface area contributed by atoms with Gasteiger partial charge in [0.15, 0.2) is 0 Å². The van der Waals surface area contributed by atoms with Gasteiger partial charge in [-0.25, -0.2) is 9.97 Å². The zero-order chi connectivity index (χ0) is 13.8. The van der Waals surface area contributed by atoms with Crippen LogP contribution in [0.25, 0.3) is 0 Å². The first-order chi connectivity index (χ1) is 9.06. The largest absolute Gasteiger partial charge is 0.368 e. The monoisotopic (exact) mass is 283 g/mol. The highest BCUT2D eigenvalue weighted by atomic mass is 35.5. The SMILES string of the molecule is Cc1nc(Cl)c(C)c(NCCN2CCN(C)CC2)n1. The highest BCUT2D eigenvalue weighted by Crippen LogP contribution is 2.19. The number of hydrogen-bond acceptors (Lipinski definition) is 5. The van der Waals surface area contributed by atoms with E-state index in [9.17, 15) is 0 Å². The number of piperazine rings is 1. The minimum atomic E-state index is 0.537. The molecule has 0 atom stereocenters. The Labute approximate surface area is 120 Å². The maximum absolute atomic E-state index is 6.06. The smallest absolute Gasteiger partial charge is 0.137 e. The van der Waals surface area contributed by atoms with Gasteiger partial charge in [0.25, 0.3) is 0 Å². The van der Waals surface area contributed by atoms with Gasteiger partial charge in [-0.05, 0) is 20.9 Å². The highest BCUT2D eigenvalue weighted by Gasteiger charge is 2.13. The van der Waals surface area contributed by atoms with E-state index in [-0.39, 0.29) is 0 Å². The van der Waals surface area contributed by atoms with Crippen LogP contribution in [-0.4, -0.2) is 66.1 Å².